The molecule has 0 saturated carbocycles. The van der Waals surface area contributed by atoms with Crippen molar-refractivity contribution in [1.29, 1.82) is 0 Å². The number of carbonyl (C=O) groups excluding carboxylic acids is 1. The molecule has 0 spiro atoms. The Bertz CT molecular complexity index is 656. The zero-order valence-corrected chi connectivity index (χ0v) is 12.3. The van der Waals surface area contributed by atoms with Crippen LogP contribution in [0, 0.1) is 6.92 Å². The number of primary amides is 1. The number of aryl methyl sites for hydroxylation is 1. The molecule has 2 aromatic rings. The molecule has 0 radical (unpaired) electrons. The van der Waals surface area contributed by atoms with E-state index in [2.05, 4.69) is 26.8 Å². The van der Waals surface area contributed by atoms with Gasteiger partial charge in [0, 0.05) is 0 Å². The number of pyridine rings is 1. The number of amides is 2. The molecule has 5 nitrogen and oxygen atoms in total. The summed E-state index contributed by atoms with van der Waals surface area (Å²) < 4.78 is 4.01. The Hall–Kier alpha value is -1.68. The van der Waals surface area contributed by atoms with Crippen LogP contribution < -0.4 is 10.6 Å². The first-order chi connectivity index (χ1) is 9.02. The van der Waals surface area contributed by atoms with Crippen LogP contribution in [0.2, 0.25) is 0 Å². The molecule has 6 heteroatoms. The number of anilines is 1. The Kier molecular flexibility index (Phi) is 4.00. The van der Waals surface area contributed by atoms with E-state index in [0.29, 0.717) is 12.4 Å². The molecule has 2 N–H and O–H groups in total. The van der Waals surface area contributed by atoms with Gasteiger partial charge in [-0.15, -0.1) is 0 Å². The van der Waals surface area contributed by atoms with E-state index in [1.54, 1.807) is 7.05 Å². The van der Waals surface area contributed by atoms with Gasteiger partial charge in [-0.25, -0.2) is 0 Å². The number of hydrogen-bond donors (Lipinski definition) is 1. The molecule has 0 aliphatic heterocycles. The summed E-state index contributed by atoms with van der Waals surface area (Å²) in [5, 5.41) is 2.09. The van der Waals surface area contributed by atoms with Gasteiger partial charge >= 0.3 is 121 Å². The number of hydrogen-bond acceptors (Lipinski definition) is 3. The molecular formula is C13H14N4ORh. The van der Waals surface area contributed by atoms with E-state index < -0.39 is 6.03 Å². The van der Waals surface area contributed by atoms with Gasteiger partial charge in [-0.2, -0.15) is 0 Å². The minimum atomic E-state index is -0.527. The predicted octanol–water partition coefficient (Wildman–Crippen LogP) is 2.29. The second-order valence-corrected chi connectivity index (χ2v) is 4.80. The van der Waals surface area contributed by atoms with E-state index >= 15 is 0 Å². The summed E-state index contributed by atoms with van der Waals surface area (Å²) in [6, 6.07) is 7.43. The zero-order valence-electron chi connectivity index (χ0n) is 10.7. The van der Waals surface area contributed by atoms with E-state index in [4.69, 9.17) is 5.73 Å². The molecule has 19 heavy (non-hydrogen) atoms. The van der Waals surface area contributed by atoms with Crippen LogP contribution in [0.1, 0.15) is 11.3 Å². The Morgan fingerprint density at radius 2 is 2.21 bits per heavy atom. The van der Waals surface area contributed by atoms with Gasteiger partial charge in [0.05, 0.1) is 0 Å². The first-order valence-electron chi connectivity index (χ1n) is 5.72. The quantitative estimate of drug-likeness (QED) is 0.867. The molecule has 0 saturated heterocycles. The summed E-state index contributed by atoms with van der Waals surface area (Å²) >= 11 is 2.54. The second kappa shape index (κ2) is 5.53. The van der Waals surface area contributed by atoms with Crippen LogP contribution in [0.4, 0.5) is 10.6 Å². The fourth-order valence-corrected chi connectivity index (χ4v) is 2.21. The van der Waals surface area contributed by atoms with Crippen molar-refractivity contribution in [3.63, 3.8) is 0 Å². The molecular weight excluding hydrogens is 331 g/mol. The average molecular weight is 345 g/mol. The van der Waals surface area contributed by atoms with Crippen molar-refractivity contribution in [3.05, 3.63) is 35.5 Å². The Labute approximate surface area is 121 Å². The maximum absolute atomic E-state index is 11.2. The fourth-order valence-electron chi connectivity index (χ4n) is 1.91. The summed E-state index contributed by atoms with van der Waals surface area (Å²) in [6.07, 6.45) is 0. The summed E-state index contributed by atoms with van der Waals surface area (Å²) in [4.78, 5) is 16.9. The summed E-state index contributed by atoms with van der Waals surface area (Å²) in [5.41, 5.74) is 7.24. The standard InChI is InChI=1S/C13H14N4O.Rh/c1-8-11-4-3-9(7-14)5-10(11)6-12(16-8)17(2)13(15)18;/h3-6H,7H2,1-2H3,(H2,15,18);. The third kappa shape index (κ3) is 2.84. The number of nitrogens with zero attached hydrogens (tertiary/aromatic N) is 3. The second-order valence-electron chi connectivity index (χ2n) is 4.28. The van der Waals surface area contributed by atoms with Crippen molar-refractivity contribution < 1.29 is 22.9 Å². The van der Waals surface area contributed by atoms with Gasteiger partial charge in [0.25, 0.3) is 0 Å². The molecule has 0 aliphatic carbocycles. The third-order valence-electron chi connectivity index (χ3n) is 2.98. The van der Waals surface area contributed by atoms with Crippen LogP contribution in [0.5, 0.6) is 0 Å². The molecule has 0 fully saturated rings. The summed E-state index contributed by atoms with van der Waals surface area (Å²) in [6.45, 7) is 2.55. The monoisotopic (exact) mass is 345 g/mol. The van der Waals surface area contributed by atoms with Gasteiger partial charge in [0.15, 0.2) is 0 Å². The van der Waals surface area contributed by atoms with Crippen molar-refractivity contribution in [3.8, 4) is 0 Å². The van der Waals surface area contributed by atoms with Crippen molar-refractivity contribution in [2.75, 3.05) is 11.9 Å². The molecule has 101 valence electrons. The first-order valence-corrected chi connectivity index (χ1v) is 6.45. The number of benzene rings is 1. The van der Waals surface area contributed by atoms with Crippen LogP contribution in [0.3, 0.4) is 0 Å². The summed E-state index contributed by atoms with van der Waals surface area (Å²) in [5.74, 6) is 0.552. The molecule has 1 aromatic heterocycles. The van der Waals surface area contributed by atoms with E-state index in [-0.39, 0.29) is 0 Å². The topological polar surface area (TPSA) is 71.6 Å². The van der Waals surface area contributed by atoms with E-state index in [9.17, 15) is 4.79 Å². The first kappa shape index (κ1) is 13.7. The van der Waals surface area contributed by atoms with E-state index in [0.717, 1.165) is 22.0 Å². The number of rotatable bonds is 3. The molecule has 2 rings (SSSR count). The normalized spacial score (nSPS) is 10.5. The Morgan fingerprint density at radius 1 is 1.47 bits per heavy atom. The van der Waals surface area contributed by atoms with Crippen molar-refractivity contribution >= 4 is 22.6 Å². The molecule has 0 bridgehead atoms. The van der Waals surface area contributed by atoms with Gasteiger partial charge in [0.1, 0.15) is 0 Å². The van der Waals surface area contributed by atoms with Gasteiger partial charge in [0.2, 0.25) is 0 Å². The molecule has 0 aliphatic rings. The number of urea groups is 1. The average Bonchev–Trinajstić information content (AvgIpc) is 2.37. The number of fused-ring (bicyclic) bond motifs is 1. The zero-order chi connectivity index (χ0) is 14.0. The maximum atomic E-state index is 11.2. The Balaban J connectivity index is 2.58. The van der Waals surface area contributed by atoms with Crippen LogP contribution in [-0.2, 0) is 24.7 Å². The predicted molar refractivity (Wildman–Crippen MR) is 70.6 cm³/mol. The minimum absolute atomic E-state index is 0.527. The number of carbonyl (C=O) groups is 1. The Morgan fingerprint density at radius 3 is 2.84 bits per heavy atom. The molecule has 0 atom stereocenters. The molecule has 1 aromatic carbocycles. The van der Waals surface area contributed by atoms with Crippen molar-refractivity contribution in [2.24, 2.45) is 9.42 Å². The van der Waals surface area contributed by atoms with Crippen LogP contribution in [0.15, 0.2) is 27.9 Å². The van der Waals surface area contributed by atoms with Gasteiger partial charge < -0.3 is 0 Å². The number of aromatic nitrogens is 1. The van der Waals surface area contributed by atoms with Gasteiger partial charge in [-0.05, 0) is 0 Å². The molecule has 0 unspecified atom stereocenters. The van der Waals surface area contributed by atoms with E-state index in [1.165, 1.54) is 4.90 Å². The van der Waals surface area contributed by atoms with Crippen molar-refractivity contribution in [2.45, 2.75) is 13.5 Å². The SMILES string of the molecule is Cc1nc(N(C)C(N)=O)cc2cc(C[N]=[Rh])ccc12. The van der Waals surface area contributed by atoms with Crippen LogP contribution in [0.25, 0.3) is 10.8 Å². The molecule has 2 amide bonds. The molecule has 1 heterocycles. The van der Waals surface area contributed by atoms with Gasteiger partial charge in [-0.1, -0.05) is 0 Å². The van der Waals surface area contributed by atoms with Gasteiger partial charge in [-0.3, -0.25) is 0 Å². The van der Waals surface area contributed by atoms with Crippen LogP contribution >= 0.6 is 0 Å². The number of nitrogens with two attached hydrogens (primary N) is 1. The third-order valence-corrected chi connectivity index (χ3v) is 3.24. The van der Waals surface area contributed by atoms with E-state index in [1.807, 2.05) is 31.2 Å². The fraction of sp³-hybridized carbons (Fsp3) is 0.231. The van der Waals surface area contributed by atoms with Crippen LogP contribution in [-0.4, -0.2) is 18.1 Å². The van der Waals surface area contributed by atoms with Crippen molar-refractivity contribution in [1.82, 2.24) is 4.98 Å². The summed E-state index contributed by atoms with van der Waals surface area (Å²) in [7, 11) is 1.61.